The molecule has 2 heterocycles. The van der Waals surface area contributed by atoms with Gasteiger partial charge in [-0.2, -0.15) is 4.98 Å². The summed E-state index contributed by atoms with van der Waals surface area (Å²) in [4.78, 5) is 18.0. The first-order valence-electron chi connectivity index (χ1n) is 7.37. The van der Waals surface area contributed by atoms with Gasteiger partial charge in [-0.3, -0.25) is 9.69 Å². The molecule has 2 rings (SSSR count). The molecule has 0 saturated carbocycles. The van der Waals surface area contributed by atoms with Gasteiger partial charge in [0.2, 0.25) is 5.89 Å². The Morgan fingerprint density at radius 3 is 2.60 bits per heavy atom. The molecule has 0 aliphatic carbocycles. The number of likely N-dealkylation sites (tertiary alicyclic amines) is 1. The van der Waals surface area contributed by atoms with Crippen LogP contribution in [0, 0.1) is 5.41 Å². The lowest BCUT2D eigenvalue weighted by Gasteiger charge is -2.38. The number of aromatic nitrogens is 2. The Labute approximate surface area is 119 Å². The van der Waals surface area contributed by atoms with E-state index >= 15 is 0 Å². The van der Waals surface area contributed by atoms with Crippen LogP contribution in [0.4, 0.5) is 0 Å². The summed E-state index contributed by atoms with van der Waals surface area (Å²) in [6.07, 6.45) is 3.84. The van der Waals surface area contributed by atoms with Crippen LogP contribution in [0.3, 0.4) is 0 Å². The van der Waals surface area contributed by atoms with E-state index in [0.717, 1.165) is 38.2 Å². The predicted molar refractivity (Wildman–Crippen MR) is 73.2 cm³/mol. The fourth-order valence-electron chi connectivity index (χ4n) is 2.88. The minimum Gasteiger partial charge on any atom is -0.481 e. The number of carboxylic acid groups (broad SMARTS) is 1. The van der Waals surface area contributed by atoms with Crippen LogP contribution in [-0.2, 0) is 17.8 Å². The largest absolute Gasteiger partial charge is 0.481 e. The van der Waals surface area contributed by atoms with Gasteiger partial charge < -0.3 is 9.63 Å². The number of piperidine rings is 1. The maximum atomic E-state index is 11.5. The van der Waals surface area contributed by atoms with E-state index in [2.05, 4.69) is 15.0 Å². The molecule has 0 unspecified atom stereocenters. The summed E-state index contributed by atoms with van der Waals surface area (Å²) in [5.74, 6) is 0.702. The normalized spacial score (nSPS) is 19.1. The van der Waals surface area contributed by atoms with Gasteiger partial charge in [0, 0.05) is 6.42 Å². The van der Waals surface area contributed by atoms with Crippen LogP contribution in [0.5, 0.6) is 0 Å². The maximum Gasteiger partial charge on any atom is 0.309 e. The molecule has 1 aromatic heterocycles. The second-order valence-electron chi connectivity index (χ2n) is 5.57. The van der Waals surface area contributed by atoms with E-state index in [1.165, 1.54) is 0 Å². The molecule has 0 spiro atoms. The number of hydrogen-bond acceptors (Lipinski definition) is 5. The second kappa shape index (κ2) is 6.35. The van der Waals surface area contributed by atoms with Gasteiger partial charge in [-0.05, 0) is 32.4 Å². The highest BCUT2D eigenvalue weighted by atomic mass is 16.5. The third kappa shape index (κ3) is 3.17. The number of aliphatic carboxylic acids is 1. The van der Waals surface area contributed by atoms with Gasteiger partial charge in [-0.1, -0.05) is 25.4 Å². The lowest BCUT2D eigenvalue weighted by molar-refractivity contribution is -0.152. The minimum absolute atomic E-state index is 0.533. The summed E-state index contributed by atoms with van der Waals surface area (Å²) in [5, 5.41) is 13.4. The van der Waals surface area contributed by atoms with Gasteiger partial charge in [0.1, 0.15) is 0 Å². The third-order valence-electron chi connectivity index (χ3n) is 4.18. The van der Waals surface area contributed by atoms with Crippen molar-refractivity contribution in [1.29, 1.82) is 0 Å². The maximum absolute atomic E-state index is 11.5. The van der Waals surface area contributed by atoms with E-state index in [9.17, 15) is 9.90 Å². The van der Waals surface area contributed by atoms with Crippen molar-refractivity contribution < 1.29 is 14.4 Å². The number of rotatable bonds is 6. The summed E-state index contributed by atoms with van der Waals surface area (Å²) < 4.78 is 5.19. The topological polar surface area (TPSA) is 79.5 Å². The first kappa shape index (κ1) is 15.0. The molecule has 6 heteroatoms. The van der Waals surface area contributed by atoms with Crippen LogP contribution in [0.2, 0.25) is 0 Å². The SMILES string of the molecule is CCCC1(C(=O)O)CCN(Cc2nc(CC)no2)CC1. The molecule has 0 atom stereocenters. The van der Waals surface area contributed by atoms with Crippen LogP contribution in [0.25, 0.3) is 0 Å². The van der Waals surface area contributed by atoms with E-state index in [4.69, 9.17) is 4.52 Å². The molecule has 6 nitrogen and oxygen atoms in total. The quantitative estimate of drug-likeness (QED) is 0.860. The fourth-order valence-corrected chi connectivity index (χ4v) is 2.88. The highest BCUT2D eigenvalue weighted by Gasteiger charge is 2.40. The molecular formula is C14H23N3O3. The molecule has 1 aliphatic rings. The van der Waals surface area contributed by atoms with Crippen LogP contribution in [0.1, 0.15) is 51.2 Å². The molecule has 1 N–H and O–H groups in total. The van der Waals surface area contributed by atoms with Crippen LogP contribution < -0.4 is 0 Å². The summed E-state index contributed by atoms with van der Waals surface area (Å²) in [7, 11) is 0. The Hall–Kier alpha value is -1.43. The van der Waals surface area contributed by atoms with Crippen molar-refractivity contribution in [1.82, 2.24) is 15.0 Å². The van der Waals surface area contributed by atoms with E-state index in [0.29, 0.717) is 25.3 Å². The van der Waals surface area contributed by atoms with Crippen molar-refractivity contribution in [3.05, 3.63) is 11.7 Å². The van der Waals surface area contributed by atoms with Gasteiger partial charge in [0.25, 0.3) is 0 Å². The average Bonchev–Trinajstić information content (AvgIpc) is 2.89. The molecule has 0 bridgehead atoms. The standard InChI is InChI=1S/C14H23N3O3/c1-3-5-14(13(18)19)6-8-17(9-7-14)10-12-15-11(4-2)16-20-12/h3-10H2,1-2H3,(H,18,19). The van der Waals surface area contributed by atoms with Crippen molar-refractivity contribution in [2.75, 3.05) is 13.1 Å². The van der Waals surface area contributed by atoms with E-state index in [1.54, 1.807) is 0 Å². The van der Waals surface area contributed by atoms with E-state index in [-0.39, 0.29) is 0 Å². The molecule has 0 radical (unpaired) electrons. The molecule has 1 saturated heterocycles. The second-order valence-corrected chi connectivity index (χ2v) is 5.57. The van der Waals surface area contributed by atoms with E-state index < -0.39 is 11.4 Å². The summed E-state index contributed by atoms with van der Waals surface area (Å²) in [6, 6.07) is 0. The van der Waals surface area contributed by atoms with Crippen LogP contribution >= 0.6 is 0 Å². The predicted octanol–water partition coefficient (Wildman–Crippen LogP) is 2.10. The number of carboxylic acids is 1. The third-order valence-corrected chi connectivity index (χ3v) is 4.18. The Bertz CT molecular complexity index is 450. The number of nitrogens with zero attached hydrogens (tertiary/aromatic N) is 3. The first-order chi connectivity index (χ1) is 9.59. The molecule has 0 aromatic carbocycles. The van der Waals surface area contributed by atoms with Crippen molar-refractivity contribution in [3.63, 3.8) is 0 Å². The van der Waals surface area contributed by atoms with Gasteiger partial charge in [-0.15, -0.1) is 0 Å². The summed E-state index contributed by atoms with van der Waals surface area (Å²) in [6.45, 7) is 6.20. The Morgan fingerprint density at radius 1 is 1.40 bits per heavy atom. The van der Waals surface area contributed by atoms with Gasteiger partial charge in [0.05, 0.1) is 12.0 Å². The molecule has 1 aliphatic heterocycles. The number of hydrogen-bond donors (Lipinski definition) is 1. The Morgan fingerprint density at radius 2 is 2.10 bits per heavy atom. The lowest BCUT2D eigenvalue weighted by Crippen LogP contribution is -2.44. The zero-order valence-corrected chi connectivity index (χ0v) is 12.3. The van der Waals surface area contributed by atoms with Gasteiger partial charge in [0.15, 0.2) is 5.82 Å². The highest BCUT2D eigenvalue weighted by Crippen LogP contribution is 2.36. The molecule has 112 valence electrons. The monoisotopic (exact) mass is 281 g/mol. The van der Waals surface area contributed by atoms with Crippen molar-refractivity contribution in [2.45, 2.75) is 52.5 Å². The highest BCUT2D eigenvalue weighted by molar-refractivity contribution is 5.74. The molecule has 0 amide bonds. The number of aryl methyl sites for hydroxylation is 1. The van der Waals surface area contributed by atoms with Crippen molar-refractivity contribution >= 4 is 5.97 Å². The van der Waals surface area contributed by atoms with Crippen molar-refractivity contribution in [2.24, 2.45) is 5.41 Å². The summed E-state index contributed by atoms with van der Waals surface area (Å²) in [5.41, 5.74) is -0.533. The zero-order chi connectivity index (χ0) is 14.6. The molecular weight excluding hydrogens is 258 g/mol. The fraction of sp³-hybridized carbons (Fsp3) is 0.786. The van der Waals surface area contributed by atoms with E-state index in [1.807, 2.05) is 13.8 Å². The van der Waals surface area contributed by atoms with Crippen LogP contribution in [-0.4, -0.2) is 39.2 Å². The first-order valence-corrected chi connectivity index (χ1v) is 7.37. The average molecular weight is 281 g/mol. The Kier molecular flexibility index (Phi) is 4.75. The van der Waals surface area contributed by atoms with Crippen LogP contribution in [0.15, 0.2) is 4.52 Å². The van der Waals surface area contributed by atoms with Crippen molar-refractivity contribution in [3.8, 4) is 0 Å². The molecule has 1 fully saturated rings. The number of carbonyl (C=O) groups is 1. The smallest absolute Gasteiger partial charge is 0.309 e. The zero-order valence-electron chi connectivity index (χ0n) is 12.3. The Balaban J connectivity index is 1.91. The minimum atomic E-state index is -0.648. The summed E-state index contributed by atoms with van der Waals surface area (Å²) >= 11 is 0. The van der Waals surface area contributed by atoms with Gasteiger partial charge in [-0.25, -0.2) is 0 Å². The molecule has 20 heavy (non-hydrogen) atoms. The molecule has 1 aromatic rings. The lowest BCUT2D eigenvalue weighted by atomic mass is 9.75. The van der Waals surface area contributed by atoms with Gasteiger partial charge >= 0.3 is 5.97 Å².